The van der Waals surface area contributed by atoms with Crippen molar-refractivity contribution in [1.29, 1.82) is 0 Å². The Balaban J connectivity index is 1.41. The highest BCUT2D eigenvalue weighted by Gasteiger charge is 2.23. The highest BCUT2D eigenvalue weighted by atomic mass is 35.5. The Morgan fingerprint density at radius 1 is 1.30 bits per heavy atom. The molecule has 0 amide bonds. The number of rotatable bonds is 4. The third-order valence-electron chi connectivity index (χ3n) is 4.41. The smallest absolute Gasteiger partial charge is 0.231 e. The molecule has 0 N–H and O–H groups in total. The Morgan fingerprint density at radius 2 is 2.26 bits per heavy atom. The fourth-order valence-corrected chi connectivity index (χ4v) is 3.69. The van der Waals surface area contributed by atoms with Crippen molar-refractivity contribution in [3.8, 4) is 11.5 Å². The van der Waals surface area contributed by atoms with Gasteiger partial charge in [0.2, 0.25) is 6.79 Å². The maximum atomic E-state index is 6.27. The number of aromatic nitrogens is 3. The van der Waals surface area contributed by atoms with Gasteiger partial charge in [0.05, 0.1) is 5.02 Å². The minimum atomic E-state index is 0.252. The Hall–Kier alpha value is -1.79. The van der Waals surface area contributed by atoms with Crippen LogP contribution in [0.3, 0.4) is 0 Å². The molecule has 1 saturated heterocycles. The number of nitrogens with zero attached hydrogens (tertiary/aromatic N) is 4. The molecular weight excluding hydrogens is 316 g/mol. The molecule has 7 heteroatoms. The van der Waals surface area contributed by atoms with E-state index in [1.165, 1.54) is 18.4 Å². The molecule has 0 unspecified atom stereocenters. The van der Waals surface area contributed by atoms with E-state index in [1.54, 1.807) is 12.7 Å². The molecule has 23 heavy (non-hydrogen) atoms. The summed E-state index contributed by atoms with van der Waals surface area (Å²) in [5, 5.41) is 4.84. The first-order valence-corrected chi connectivity index (χ1v) is 8.28. The molecule has 0 radical (unpaired) electrons. The summed E-state index contributed by atoms with van der Waals surface area (Å²) in [6.45, 7) is 4.23. The number of hydrogen-bond acceptors (Lipinski definition) is 5. The first-order chi connectivity index (χ1) is 11.3. The van der Waals surface area contributed by atoms with Gasteiger partial charge < -0.3 is 9.47 Å². The van der Waals surface area contributed by atoms with Crippen LogP contribution in [-0.2, 0) is 13.1 Å². The topological polar surface area (TPSA) is 52.4 Å². The summed E-state index contributed by atoms with van der Waals surface area (Å²) in [6.07, 6.45) is 5.82. The largest absolute Gasteiger partial charge is 0.454 e. The maximum Gasteiger partial charge on any atom is 0.231 e. The van der Waals surface area contributed by atoms with Crippen molar-refractivity contribution >= 4 is 11.6 Å². The molecule has 0 aliphatic carbocycles. The van der Waals surface area contributed by atoms with Crippen molar-refractivity contribution in [3.63, 3.8) is 0 Å². The van der Waals surface area contributed by atoms with Gasteiger partial charge in [0.15, 0.2) is 11.5 Å². The summed E-state index contributed by atoms with van der Waals surface area (Å²) in [7, 11) is 0. The minimum Gasteiger partial charge on any atom is -0.454 e. The van der Waals surface area contributed by atoms with Gasteiger partial charge in [0.1, 0.15) is 12.7 Å². The predicted molar refractivity (Wildman–Crippen MR) is 85.6 cm³/mol. The molecule has 4 rings (SSSR count). The first-order valence-electron chi connectivity index (χ1n) is 7.91. The van der Waals surface area contributed by atoms with Gasteiger partial charge in [0, 0.05) is 19.6 Å². The molecule has 1 aromatic carbocycles. The third-order valence-corrected chi connectivity index (χ3v) is 4.69. The summed E-state index contributed by atoms with van der Waals surface area (Å²) >= 11 is 6.27. The quantitative estimate of drug-likeness (QED) is 0.860. The maximum absolute atomic E-state index is 6.27. The summed E-state index contributed by atoms with van der Waals surface area (Å²) < 4.78 is 12.7. The van der Waals surface area contributed by atoms with Gasteiger partial charge in [-0.15, -0.1) is 0 Å². The summed E-state index contributed by atoms with van der Waals surface area (Å²) in [6, 6.07) is 4.02. The average Bonchev–Trinajstić information content (AvgIpc) is 3.19. The van der Waals surface area contributed by atoms with Gasteiger partial charge in [-0.05, 0) is 43.0 Å². The second-order valence-electron chi connectivity index (χ2n) is 6.17. The van der Waals surface area contributed by atoms with Crippen LogP contribution in [0.2, 0.25) is 5.02 Å². The summed E-state index contributed by atoms with van der Waals surface area (Å²) in [5.41, 5.74) is 1.17. The summed E-state index contributed by atoms with van der Waals surface area (Å²) in [4.78, 5) is 6.49. The molecule has 1 fully saturated rings. The van der Waals surface area contributed by atoms with Crippen molar-refractivity contribution in [2.45, 2.75) is 25.9 Å². The van der Waals surface area contributed by atoms with Gasteiger partial charge in [-0.1, -0.05) is 11.6 Å². The Kier molecular flexibility index (Phi) is 4.10. The van der Waals surface area contributed by atoms with Crippen LogP contribution in [0.15, 0.2) is 24.8 Å². The predicted octanol–water partition coefficient (Wildman–Crippen LogP) is 2.57. The van der Waals surface area contributed by atoms with Crippen LogP contribution in [0.25, 0.3) is 0 Å². The van der Waals surface area contributed by atoms with Crippen molar-refractivity contribution in [2.75, 3.05) is 19.9 Å². The van der Waals surface area contributed by atoms with E-state index < -0.39 is 0 Å². The van der Waals surface area contributed by atoms with E-state index in [0.717, 1.165) is 31.9 Å². The second-order valence-corrected chi connectivity index (χ2v) is 6.58. The highest BCUT2D eigenvalue weighted by molar-refractivity contribution is 6.32. The molecule has 6 nitrogen and oxygen atoms in total. The van der Waals surface area contributed by atoms with Crippen LogP contribution in [0.4, 0.5) is 0 Å². The lowest BCUT2D eigenvalue weighted by molar-refractivity contribution is 0.153. The Bertz CT molecular complexity index is 677. The second kappa shape index (κ2) is 6.37. The zero-order valence-corrected chi connectivity index (χ0v) is 13.6. The average molecular weight is 335 g/mol. The van der Waals surface area contributed by atoms with Crippen molar-refractivity contribution in [3.05, 3.63) is 35.4 Å². The van der Waals surface area contributed by atoms with Crippen molar-refractivity contribution in [2.24, 2.45) is 5.92 Å². The van der Waals surface area contributed by atoms with E-state index in [1.807, 2.05) is 16.8 Å². The van der Waals surface area contributed by atoms with Crippen LogP contribution < -0.4 is 9.47 Å². The molecule has 3 heterocycles. The number of likely N-dealkylation sites (tertiary alicyclic amines) is 1. The molecule has 2 aliphatic rings. The first kappa shape index (κ1) is 14.8. The molecule has 1 aromatic heterocycles. The van der Waals surface area contributed by atoms with Gasteiger partial charge in [-0.3, -0.25) is 9.58 Å². The van der Waals surface area contributed by atoms with Gasteiger partial charge in [-0.25, -0.2) is 4.98 Å². The number of piperidine rings is 1. The molecule has 2 aliphatic heterocycles. The van der Waals surface area contributed by atoms with Gasteiger partial charge in [-0.2, -0.15) is 5.10 Å². The number of benzene rings is 1. The fraction of sp³-hybridized carbons (Fsp3) is 0.500. The van der Waals surface area contributed by atoms with E-state index in [2.05, 4.69) is 15.0 Å². The van der Waals surface area contributed by atoms with Gasteiger partial charge >= 0.3 is 0 Å². The molecule has 1 atom stereocenters. The highest BCUT2D eigenvalue weighted by Crippen LogP contribution is 2.40. The molecule has 0 saturated carbocycles. The number of fused-ring (bicyclic) bond motifs is 1. The number of hydrogen-bond donors (Lipinski definition) is 0. The standard InChI is InChI=1S/C16H19ClN4O2/c17-14-4-13(5-15-16(14)23-11-22-15)7-20-3-1-2-12(6-20)8-21-10-18-9-19-21/h4-5,9-10,12H,1-3,6-8,11H2/t12-/m1/s1. The summed E-state index contributed by atoms with van der Waals surface area (Å²) in [5.74, 6) is 2.02. The zero-order chi connectivity index (χ0) is 15.6. The Morgan fingerprint density at radius 3 is 3.13 bits per heavy atom. The SMILES string of the molecule is Clc1cc(CN2CCC[C@@H](Cn3cncn3)C2)cc2c1OCO2. The number of halogens is 1. The van der Waals surface area contributed by atoms with Crippen LogP contribution in [-0.4, -0.2) is 39.5 Å². The Labute approximate surface area is 140 Å². The molecule has 0 spiro atoms. The lowest BCUT2D eigenvalue weighted by Gasteiger charge is -2.32. The van der Waals surface area contributed by atoms with Crippen LogP contribution >= 0.6 is 11.6 Å². The van der Waals surface area contributed by atoms with Crippen LogP contribution in [0.5, 0.6) is 11.5 Å². The number of ether oxygens (including phenoxy) is 2. The monoisotopic (exact) mass is 334 g/mol. The lowest BCUT2D eigenvalue weighted by Crippen LogP contribution is -2.36. The fourth-order valence-electron chi connectivity index (χ4n) is 3.41. The third kappa shape index (κ3) is 3.28. The van der Waals surface area contributed by atoms with E-state index in [-0.39, 0.29) is 6.79 Å². The van der Waals surface area contributed by atoms with Crippen molar-refractivity contribution in [1.82, 2.24) is 19.7 Å². The molecular formula is C16H19ClN4O2. The molecule has 0 bridgehead atoms. The van der Waals surface area contributed by atoms with Crippen molar-refractivity contribution < 1.29 is 9.47 Å². The zero-order valence-electron chi connectivity index (χ0n) is 12.8. The van der Waals surface area contributed by atoms with Gasteiger partial charge in [0.25, 0.3) is 0 Å². The van der Waals surface area contributed by atoms with E-state index >= 15 is 0 Å². The molecule has 122 valence electrons. The minimum absolute atomic E-state index is 0.252. The lowest BCUT2D eigenvalue weighted by atomic mass is 9.97. The van der Waals surface area contributed by atoms with Crippen LogP contribution in [0.1, 0.15) is 18.4 Å². The van der Waals surface area contributed by atoms with E-state index in [4.69, 9.17) is 21.1 Å². The normalized spacial score (nSPS) is 20.8. The van der Waals surface area contributed by atoms with E-state index in [0.29, 0.717) is 16.7 Å². The van der Waals surface area contributed by atoms with Crippen LogP contribution in [0, 0.1) is 5.92 Å². The molecule has 2 aromatic rings. The van der Waals surface area contributed by atoms with E-state index in [9.17, 15) is 0 Å².